The van der Waals surface area contributed by atoms with Crippen LogP contribution in [-0.4, -0.2) is 12.9 Å². The maximum Gasteiger partial charge on any atom is 0.199 e. The van der Waals surface area contributed by atoms with Gasteiger partial charge >= 0.3 is 0 Å². The molecule has 0 spiro atoms. The van der Waals surface area contributed by atoms with Crippen LogP contribution in [-0.2, 0) is 0 Å². The van der Waals surface area contributed by atoms with Gasteiger partial charge in [0.05, 0.1) is 22.6 Å². The Balaban J connectivity index is 2.55. The van der Waals surface area contributed by atoms with Crippen molar-refractivity contribution in [3.8, 4) is 5.75 Å². The number of methoxy groups -OCH3 is 1. The van der Waals surface area contributed by atoms with E-state index in [1.807, 2.05) is 6.92 Å². The van der Waals surface area contributed by atoms with Crippen LogP contribution in [0, 0.1) is 6.92 Å². The topological polar surface area (TPSA) is 26.3 Å². The normalized spacial score (nSPS) is 10.6. The molecule has 0 unspecified atom stereocenters. The summed E-state index contributed by atoms with van der Waals surface area (Å²) in [5, 5.41) is 0. The van der Waals surface area contributed by atoms with Gasteiger partial charge in [-0.25, -0.2) is 0 Å². The van der Waals surface area contributed by atoms with Crippen LogP contribution in [0.1, 0.15) is 21.5 Å². The fourth-order valence-corrected chi connectivity index (χ4v) is 3.44. The lowest BCUT2D eigenvalue weighted by Gasteiger charge is -2.10. The molecule has 6 heteroatoms. The Morgan fingerprint density at radius 3 is 2.47 bits per heavy atom. The largest absolute Gasteiger partial charge is 0.496 e. The zero-order valence-corrected chi connectivity index (χ0v) is 14.0. The highest BCUT2D eigenvalue weighted by atomic mass is 79.9. The van der Waals surface area contributed by atoms with E-state index in [1.165, 1.54) is 18.4 Å². The van der Waals surface area contributed by atoms with Crippen molar-refractivity contribution in [3.63, 3.8) is 0 Å². The molecule has 0 bridgehead atoms. The van der Waals surface area contributed by atoms with Crippen molar-refractivity contribution < 1.29 is 9.53 Å². The van der Waals surface area contributed by atoms with Gasteiger partial charge < -0.3 is 4.74 Å². The van der Waals surface area contributed by atoms with Gasteiger partial charge in [-0.2, -0.15) is 0 Å². The summed E-state index contributed by atoms with van der Waals surface area (Å²) < 4.78 is 6.97. The van der Waals surface area contributed by atoms with Gasteiger partial charge in [-0.15, -0.1) is 11.3 Å². The van der Waals surface area contributed by atoms with Crippen LogP contribution in [0.4, 0.5) is 0 Å². The summed E-state index contributed by atoms with van der Waals surface area (Å²) in [6.45, 7) is 1.93. The first-order valence-electron chi connectivity index (χ1n) is 5.27. The molecule has 0 aliphatic carbocycles. The van der Waals surface area contributed by atoms with Gasteiger partial charge in [-0.3, -0.25) is 4.79 Å². The number of aryl methyl sites for hydroxylation is 1. The molecule has 2 rings (SSSR count). The van der Waals surface area contributed by atoms with Crippen LogP contribution in [0.15, 0.2) is 22.7 Å². The van der Waals surface area contributed by atoms with E-state index < -0.39 is 0 Å². The summed E-state index contributed by atoms with van der Waals surface area (Å²) >= 11 is 16.5. The van der Waals surface area contributed by atoms with Crippen LogP contribution in [0.2, 0.25) is 8.67 Å². The van der Waals surface area contributed by atoms with Crippen molar-refractivity contribution in [2.75, 3.05) is 7.11 Å². The summed E-state index contributed by atoms with van der Waals surface area (Å²) in [7, 11) is 1.53. The zero-order chi connectivity index (χ0) is 14.2. The average molecular weight is 380 g/mol. The summed E-state index contributed by atoms with van der Waals surface area (Å²) in [6, 6.07) is 5.11. The van der Waals surface area contributed by atoms with Gasteiger partial charge in [-0.1, -0.05) is 39.1 Å². The molecule has 0 saturated heterocycles. The van der Waals surface area contributed by atoms with E-state index in [-0.39, 0.29) is 5.78 Å². The molecule has 0 N–H and O–H groups in total. The summed E-state index contributed by atoms with van der Waals surface area (Å²) in [4.78, 5) is 12.5. The Kier molecular flexibility index (Phi) is 4.56. The number of hydrogen-bond acceptors (Lipinski definition) is 3. The molecule has 0 amide bonds. The minimum absolute atomic E-state index is 0.203. The van der Waals surface area contributed by atoms with Gasteiger partial charge in [0, 0.05) is 4.47 Å². The smallest absolute Gasteiger partial charge is 0.199 e. The number of carbonyl (C=O) groups excluding carboxylic acids is 1. The van der Waals surface area contributed by atoms with Gasteiger partial charge in [-0.05, 0) is 30.7 Å². The highest BCUT2D eigenvalue weighted by Crippen LogP contribution is 2.35. The van der Waals surface area contributed by atoms with E-state index >= 15 is 0 Å². The van der Waals surface area contributed by atoms with Crippen LogP contribution in [0.3, 0.4) is 0 Å². The molecule has 0 radical (unpaired) electrons. The molecule has 0 saturated carbocycles. The Bertz CT molecular complexity index is 652. The first-order valence-corrected chi connectivity index (χ1v) is 7.64. The molecule has 0 aliphatic rings. The third-order valence-electron chi connectivity index (χ3n) is 2.63. The Labute approximate surface area is 133 Å². The first kappa shape index (κ1) is 14.9. The Morgan fingerprint density at radius 1 is 1.26 bits per heavy atom. The standard InChI is InChI=1S/C13H9BrCl2O2S/c1-6-3-10(18-2)7(4-9(6)14)12(17)8-5-11(15)19-13(8)16/h3-5H,1-2H3. The predicted octanol–water partition coefficient (Wildman–Crippen LogP) is 5.37. The molecular formula is C13H9BrCl2O2S. The third kappa shape index (κ3) is 2.97. The molecule has 1 aromatic carbocycles. The molecular weight excluding hydrogens is 371 g/mol. The summed E-state index contributed by atoms with van der Waals surface area (Å²) in [5.74, 6) is 0.315. The van der Waals surface area contributed by atoms with E-state index in [1.54, 1.807) is 18.2 Å². The Hall–Kier alpha value is -0.550. The van der Waals surface area contributed by atoms with Crippen molar-refractivity contribution in [2.45, 2.75) is 6.92 Å². The number of ketones is 1. The number of ether oxygens (including phenoxy) is 1. The van der Waals surface area contributed by atoms with Crippen molar-refractivity contribution in [1.29, 1.82) is 0 Å². The van der Waals surface area contributed by atoms with Crippen LogP contribution in [0.5, 0.6) is 5.75 Å². The molecule has 0 fully saturated rings. The fraction of sp³-hybridized carbons (Fsp3) is 0.154. The molecule has 2 aromatic rings. The molecule has 0 aliphatic heterocycles. The van der Waals surface area contributed by atoms with Crippen LogP contribution >= 0.6 is 50.5 Å². The van der Waals surface area contributed by atoms with Gasteiger partial charge in [0.15, 0.2) is 5.78 Å². The molecule has 0 atom stereocenters. The molecule has 1 aromatic heterocycles. The van der Waals surface area contributed by atoms with Crippen molar-refractivity contribution in [2.24, 2.45) is 0 Å². The lowest BCUT2D eigenvalue weighted by Crippen LogP contribution is -2.04. The quantitative estimate of drug-likeness (QED) is 0.670. The van der Waals surface area contributed by atoms with E-state index in [9.17, 15) is 4.79 Å². The summed E-state index contributed by atoms with van der Waals surface area (Å²) in [6.07, 6.45) is 0. The number of thiophene rings is 1. The van der Waals surface area contributed by atoms with Crippen LogP contribution < -0.4 is 4.74 Å². The number of carbonyl (C=O) groups is 1. The average Bonchev–Trinajstić information content (AvgIpc) is 2.70. The molecule has 19 heavy (non-hydrogen) atoms. The molecule has 100 valence electrons. The van der Waals surface area contributed by atoms with Crippen molar-refractivity contribution in [3.05, 3.63) is 48.0 Å². The van der Waals surface area contributed by atoms with Gasteiger partial charge in [0.25, 0.3) is 0 Å². The monoisotopic (exact) mass is 378 g/mol. The lowest BCUT2D eigenvalue weighted by molar-refractivity contribution is 0.103. The second kappa shape index (κ2) is 5.83. The van der Waals surface area contributed by atoms with E-state index in [0.29, 0.717) is 25.5 Å². The number of rotatable bonds is 3. The highest BCUT2D eigenvalue weighted by Gasteiger charge is 2.20. The zero-order valence-electron chi connectivity index (χ0n) is 10.1. The fourth-order valence-electron chi connectivity index (χ4n) is 1.64. The second-order valence-electron chi connectivity index (χ2n) is 3.87. The van der Waals surface area contributed by atoms with E-state index in [0.717, 1.165) is 10.0 Å². The summed E-state index contributed by atoms with van der Waals surface area (Å²) in [5.41, 5.74) is 1.84. The van der Waals surface area contributed by atoms with E-state index in [4.69, 9.17) is 27.9 Å². The maximum absolute atomic E-state index is 12.5. The van der Waals surface area contributed by atoms with Gasteiger partial charge in [0.2, 0.25) is 0 Å². The first-order chi connectivity index (χ1) is 8.93. The number of hydrogen-bond donors (Lipinski definition) is 0. The third-order valence-corrected chi connectivity index (χ3v) is 4.97. The molecule has 1 heterocycles. The molecule has 2 nitrogen and oxygen atoms in total. The van der Waals surface area contributed by atoms with Crippen molar-refractivity contribution in [1.82, 2.24) is 0 Å². The van der Waals surface area contributed by atoms with Gasteiger partial charge in [0.1, 0.15) is 10.1 Å². The SMILES string of the molecule is COc1cc(C)c(Br)cc1C(=O)c1cc(Cl)sc1Cl. The maximum atomic E-state index is 12.5. The highest BCUT2D eigenvalue weighted by molar-refractivity contribution is 9.10. The van der Waals surface area contributed by atoms with Crippen LogP contribution in [0.25, 0.3) is 0 Å². The number of benzene rings is 1. The lowest BCUT2D eigenvalue weighted by atomic mass is 10.0. The van der Waals surface area contributed by atoms with E-state index in [2.05, 4.69) is 15.9 Å². The second-order valence-corrected chi connectivity index (χ2v) is 7.01. The Morgan fingerprint density at radius 2 is 1.95 bits per heavy atom. The minimum atomic E-state index is -0.203. The van der Waals surface area contributed by atoms with Crippen molar-refractivity contribution >= 4 is 56.3 Å². The minimum Gasteiger partial charge on any atom is -0.496 e. The number of halogens is 3. The predicted molar refractivity (Wildman–Crippen MR) is 83.2 cm³/mol.